The van der Waals surface area contributed by atoms with E-state index in [4.69, 9.17) is 4.74 Å². The molecule has 0 spiro atoms. The Kier molecular flexibility index (Phi) is 2.07. The molecule has 0 bridgehead atoms. The lowest BCUT2D eigenvalue weighted by molar-refractivity contribution is 0.399. The zero-order valence-corrected chi connectivity index (χ0v) is 9.51. The van der Waals surface area contributed by atoms with E-state index in [1.807, 2.05) is 25.4 Å². The lowest BCUT2D eigenvalue weighted by atomic mass is 10.4. The summed E-state index contributed by atoms with van der Waals surface area (Å²) in [5.41, 5.74) is 2.29. The molecule has 0 amide bonds. The van der Waals surface area contributed by atoms with Crippen molar-refractivity contribution < 1.29 is 4.74 Å². The number of rotatable bonds is 2. The summed E-state index contributed by atoms with van der Waals surface area (Å²) in [6.07, 6.45) is 1.87. The fourth-order valence-corrected chi connectivity index (χ4v) is 1.65. The van der Waals surface area contributed by atoms with Gasteiger partial charge in [-0.05, 0) is 12.1 Å². The monoisotopic (exact) mass is 229 g/mol. The lowest BCUT2D eigenvalue weighted by Gasteiger charge is -1.95. The van der Waals surface area contributed by atoms with Crippen molar-refractivity contribution in [1.82, 2.24) is 24.7 Å². The minimum absolute atomic E-state index is 0.552. The molecular weight excluding hydrogens is 218 g/mol. The molecule has 0 aromatic carbocycles. The number of aromatic nitrogens is 5. The van der Waals surface area contributed by atoms with Gasteiger partial charge >= 0.3 is 0 Å². The van der Waals surface area contributed by atoms with Crippen LogP contribution in [0.5, 0.6) is 5.88 Å². The van der Waals surface area contributed by atoms with E-state index in [0.29, 0.717) is 17.4 Å². The Balaban J connectivity index is 2.13. The van der Waals surface area contributed by atoms with Gasteiger partial charge in [-0.2, -0.15) is 10.1 Å². The molecule has 6 heteroatoms. The molecule has 3 aromatic heterocycles. The van der Waals surface area contributed by atoms with Gasteiger partial charge < -0.3 is 9.72 Å². The van der Waals surface area contributed by atoms with Gasteiger partial charge in [0, 0.05) is 19.3 Å². The molecule has 0 saturated heterocycles. The number of hydrogen-bond donors (Lipinski definition) is 1. The molecule has 3 aromatic rings. The smallest absolute Gasteiger partial charge is 0.215 e. The summed E-state index contributed by atoms with van der Waals surface area (Å²) in [6.45, 7) is 0. The molecule has 1 N–H and O–H groups in total. The zero-order chi connectivity index (χ0) is 11.8. The second-order valence-corrected chi connectivity index (χ2v) is 3.68. The number of imidazole rings is 1. The quantitative estimate of drug-likeness (QED) is 0.720. The number of pyridine rings is 1. The van der Waals surface area contributed by atoms with E-state index in [0.717, 1.165) is 11.2 Å². The number of nitrogens with zero attached hydrogens (tertiary/aromatic N) is 4. The van der Waals surface area contributed by atoms with Crippen molar-refractivity contribution in [1.29, 1.82) is 0 Å². The van der Waals surface area contributed by atoms with Crippen molar-refractivity contribution in [3.8, 4) is 17.4 Å². The summed E-state index contributed by atoms with van der Waals surface area (Å²) >= 11 is 0. The molecule has 0 unspecified atom stereocenters. The van der Waals surface area contributed by atoms with Crippen LogP contribution in [0.2, 0.25) is 0 Å². The molecule has 6 nitrogen and oxygen atoms in total. The Hall–Kier alpha value is -2.37. The number of aryl methyl sites for hydroxylation is 1. The number of fused-ring (bicyclic) bond motifs is 1. The Labute approximate surface area is 97.3 Å². The van der Waals surface area contributed by atoms with Crippen LogP contribution in [0.25, 0.3) is 22.7 Å². The Morgan fingerprint density at radius 1 is 1.24 bits per heavy atom. The normalized spacial score (nSPS) is 10.9. The van der Waals surface area contributed by atoms with Crippen LogP contribution < -0.4 is 4.74 Å². The highest BCUT2D eigenvalue weighted by Gasteiger charge is 2.09. The van der Waals surface area contributed by atoms with Crippen LogP contribution in [0.3, 0.4) is 0 Å². The average Bonchev–Trinajstić information content (AvgIpc) is 2.93. The van der Waals surface area contributed by atoms with Crippen LogP contribution in [0.4, 0.5) is 0 Å². The lowest BCUT2D eigenvalue weighted by Crippen LogP contribution is -1.88. The van der Waals surface area contributed by atoms with Crippen LogP contribution in [0.15, 0.2) is 24.4 Å². The van der Waals surface area contributed by atoms with Gasteiger partial charge in [-0.25, -0.2) is 4.98 Å². The maximum atomic E-state index is 5.06. The summed E-state index contributed by atoms with van der Waals surface area (Å²) in [7, 11) is 3.45. The van der Waals surface area contributed by atoms with Crippen molar-refractivity contribution in [2.75, 3.05) is 7.11 Å². The molecule has 0 fully saturated rings. The van der Waals surface area contributed by atoms with E-state index < -0.39 is 0 Å². The highest BCUT2D eigenvalue weighted by atomic mass is 16.5. The number of nitrogens with one attached hydrogen (secondary N) is 1. The third-order valence-electron chi connectivity index (χ3n) is 2.49. The predicted molar refractivity (Wildman–Crippen MR) is 62.6 cm³/mol. The number of hydrogen-bond acceptors (Lipinski definition) is 4. The van der Waals surface area contributed by atoms with Crippen molar-refractivity contribution in [3.63, 3.8) is 0 Å². The third kappa shape index (κ3) is 1.63. The molecule has 3 heterocycles. The summed E-state index contributed by atoms with van der Waals surface area (Å²) < 4.78 is 6.79. The number of H-pyrrole nitrogens is 1. The molecule has 0 atom stereocenters. The first-order valence-electron chi connectivity index (χ1n) is 5.17. The molecule has 0 radical (unpaired) electrons. The third-order valence-corrected chi connectivity index (χ3v) is 2.49. The largest absolute Gasteiger partial charge is 0.481 e. The maximum absolute atomic E-state index is 5.06. The second kappa shape index (κ2) is 3.58. The van der Waals surface area contributed by atoms with Gasteiger partial charge in [0.1, 0.15) is 5.69 Å². The SMILES string of the molecule is COc1ccc2[nH]c(-c3ccn(C)n3)nc2n1. The summed E-state index contributed by atoms with van der Waals surface area (Å²) in [6, 6.07) is 5.58. The van der Waals surface area contributed by atoms with E-state index in [-0.39, 0.29) is 0 Å². The Bertz CT molecular complexity index is 669. The van der Waals surface area contributed by atoms with Crippen molar-refractivity contribution in [2.45, 2.75) is 0 Å². The minimum Gasteiger partial charge on any atom is -0.481 e. The van der Waals surface area contributed by atoms with E-state index in [1.165, 1.54) is 0 Å². The fourth-order valence-electron chi connectivity index (χ4n) is 1.65. The first kappa shape index (κ1) is 9.83. The first-order valence-corrected chi connectivity index (χ1v) is 5.17. The minimum atomic E-state index is 0.552. The molecule has 3 rings (SSSR count). The number of aromatic amines is 1. The van der Waals surface area contributed by atoms with Crippen molar-refractivity contribution >= 4 is 11.2 Å². The predicted octanol–water partition coefficient (Wildman–Crippen LogP) is 1.37. The van der Waals surface area contributed by atoms with Gasteiger partial charge in [0.25, 0.3) is 0 Å². The average molecular weight is 229 g/mol. The van der Waals surface area contributed by atoms with Crippen molar-refractivity contribution in [2.24, 2.45) is 7.05 Å². The summed E-state index contributed by atoms with van der Waals surface area (Å²) in [5, 5.41) is 4.28. The van der Waals surface area contributed by atoms with Crippen LogP contribution in [-0.2, 0) is 7.05 Å². The summed E-state index contributed by atoms with van der Waals surface area (Å²) in [4.78, 5) is 11.8. The fraction of sp³-hybridized carbons (Fsp3) is 0.182. The van der Waals surface area contributed by atoms with Gasteiger partial charge in [-0.3, -0.25) is 4.68 Å². The highest BCUT2D eigenvalue weighted by Crippen LogP contribution is 2.19. The van der Waals surface area contributed by atoms with E-state index in [2.05, 4.69) is 20.1 Å². The zero-order valence-electron chi connectivity index (χ0n) is 9.51. The van der Waals surface area contributed by atoms with Gasteiger partial charge in [-0.15, -0.1) is 0 Å². The molecule has 17 heavy (non-hydrogen) atoms. The molecular formula is C11H11N5O. The Morgan fingerprint density at radius 2 is 2.12 bits per heavy atom. The van der Waals surface area contributed by atoms with E-state index in [9.17, 15) is 0 Å². The highest BCUT2D eigenvalue weighted by molar-refractivity contribution is 5.75. The number of methoxy groups -OCH3 is 1. The van der Waals surface area contributed by atoms with Crippen molar-refractivity contribution in [3.05, 3.63) is 24.4 Å². The Morgan fingerprint density at radius 3 is 2.82 bits per heavy atom. The maximum Gasteiger partial charge on any atom is 0.215 e. The molecule has 0 aliphatic rings. The second-order valence-electron chi connectivity index (χ2n) is 3.68. The molecule has 0 aliphatic heterocycles. The van der Waals surface area contributed by atoms with Crippen LogP contribution in [0.1, 0.15) is 0 Å². The summed E-state index contributed by atoms with van der Waals surface area (Å²) in [5.74, 6) is 1.26. The van der Waals surface area contributed by atoms with E-state index >= 15 is 0 Å². The van der Waals surface area contributed by atoms with Gasteiger partial charge in [0.15, 0.2) is 11.5 Å². The standard InChI is InChI=1S/C11H11N5O/c1-16-6-5-8(15-16)11-12-7-3-4-9(17-2)13-10(7)14-11/h3-6H,1-2H3,(H,12,13,14). The first-order chi connectivity index (χ1) is 8.26. The molecule has 0 saturated carbocycles. The van der Waals surface area contributed by atoms with Gasteiger partial charge in [0.05, 0.1) is 12.6 Å². The van der Waals surface area contributed by atoms with Crippen LogP contribution >= 0.6 is 0 Å². The van der Waals surface area contributed by atoms with Gasteiger partial charge in [0.2, 0.25) is 5.88 Å². The van der Waals surface area contributed by atoms with Crippen LogP contribution in [-0.4, -0.2) is 31.8 Å². The topological polar surface area (TPSA) is 68.6 Å². The van der Waals surface area contributed by atoms with Gasteiger partial charge in [-0.1, -0.05) is 0 Å². The molecule has 86 valence electrons. The molecule has 0 aliphatic carbocycles. The van der Waals surface area contributed by atoms with E-state index in [1.54, 1.807) is 17.9 Å². The van der Waals surface area contributed by atoms with Crippen LogP contribution in [0, 0.1) is 0 Å². The number of ether oxygens (including phenoxy) is 1.